The molecule has 0 saturated carbocycles. The van der Waals surface area contributed by atoms with Gasteiger partial charge in [0.1, 0.15) is 17.3 Å². The maximum absolute atomic E-state index is 5.42. The van der Waals surface area contributed by atoms with Crippen molar-refractivity contribution in [3.63, 3.8) is 0 Å². The summed E-state index contributed by atoms with van der Waals surface area (Å²) < 4.78 is 9.24. The van der Waals surface area contributed by atoms with Gasteiger partial charge in [-0.05, 0) is 28.1 Å². The van der Waals surface area contributed by atoms with Gasteiger partial charge < -0.3 is 9.30 Å². The summed E-state index contributed by atoms with van der Waals surface area (Å²) in [6.07, 6.45) is 3.81. The zero-order chi connectivity index (χ0) is 18.5. The molecule has 0 aliphatic heterocycles. The lowest BCUT2D eigenvalue weighted by Gasteiger charge is -2.10. The van der Waals surface area contributed by atoms with Crippen molar-refractivity contribution in [3.8, 4) is 11.4 Å². The maximum Gasteiger partial charge on any atom is 0.214 e. The molecule has 8 heteroatoms. The molecule has 0 spiro atoms. The molecule has 0 bridgehead atoms. The summed E-state index contributed by atoms with van der Waals surface area (Å²) in [5.74, 6) is 2.35. The van der Waals surface area contributed by atoms with Crippen LogP contribution in [0.4, 0.5) is 0 Å². The Bertz CT molecular complexity index is 1010. The average Bonchev–Trinajstić information content (AvgIpc) is 3.36. The number of aromatic nitrogens is 6. The Labute approximate surface area is 161 Å². The minimum atomic E-state index is 0.662. The van der Waals surface area contributed by atoms with Crippen molar-refractivity contribution in [3.05, 3.63) is 78.4 Å². The van der Waals surface area contributed by atoms with E-state index in [9.17, 15) is 0 Å². The SMILES string of the molecule is COc1ccccc1-n1nnnc1SCc1nccn1Cc1ccccc1. The summed E-state index contributed by atoms with van der Waals surface area (Å²) in [7, 11) is 1.64. The number of benzene rings is 2. The summed E-state index contributed by atoms with van der Waals surface area (Å²) in [6, 6.07) is 18.0. The maximum atomic E-state index is 5.42. The zero-order valence-electron chi connectivity index (χ0n) is 14.8. The Balaban J connectivity index is 1.51. The zero-order valence-corrected chi connectivity index (χ0v) is 15.6. The van der Waals surface area contributed by atoms with E-state index in [4.69, 9.17) is 4.74 Å². The molecule has 27 heavy (non-hydrogen) atoms. The molecule has 0 aliphatic rings. The first-order valence-electron chi connectivity index (χ1n) is 8.43. The predicted octanol–water partition coefficient (Wildman–Crippen LogP) is 3.21. The minimum Gasteiger partial charge on any atom is -0.494 e. The number of nitrogens with zero attached hydrogens (tertiary/aromatic N) is 6. The van der Waals surface area contributed by atoms with Gasteiger partial charge in [-0.3, -0.25) is 0 Å². The van der Waals surface area contributed by atoms with E-state index in [1.807, 2.05) is 54.9 Å². The largest absolute Gasteiger partial charge is 0.494 e. The van der Waals surface area contributed by atoms with Gasteiger partial charge in [-0.2, -0.15) is 4.68 Å². The van der Waals surface area contributed by atoms with Crippen LogP contribution in [0.5, 0.6) is 5.75 Å². The van der Waals surface area contributed by atoms with Crippen molar-refractivity contribution in [1.29, 1.82) is 0 Å². The number of imidazole rings is 1. The fourth-order valence-corrected chi connectivity index (χ4v) is 3.61. The molecule has 0 radical (unpaired) electrons. The van der Waals surface area contributed by atoms with Gasteiger partial charge in [-0.25, -0.2) is 4.98 Å². The molecule has 0 fully saturated rings. The molecule has 0 unspecified atom stereocenters. The second-order valence-electron chi connectivity index (χ2n) is 5.79. The Morgan fingerprint density at radius 1 is 1.04 bits per heavy atom. The smallest absolute Gasteiger partial charge is 0.214 e. The van der Waals surface area contributed by atoms with E-state index in [1.165, 1.54) is 17.3 Å². The summed E-state index contributed by atoms with van der Waals surface area (Å²) in [5, 5.41) is 12.8. The van der Waals surface area contributed by atoms with Crippen LogP contribution < -0.4 is 4.74 Å². The van der Waals surface area contributed by atoms with Gasteiger partial charge in [0, 0.05) is 18.9 Å². The van der Waals surface area contributed by atoms with E-state index < -0.39 is 0 Å². The van der Waals surface area contributed by atoms with E-state index in [0.29, 0.717) is 10.9 Å². The number of thioether (sulfide) groups is 1. The van der Waals surface area contributed by atoms with Crippen molar-refractivity contribution < 1.29 is 4.74 Å². The lowest BCUT2D eigenvalue weighted by atomic mass is 10.2. The van der Waals surface area contributed by atoms with Gasteiger partial charge in [0.15, 0.2) is 0 Å². The third-order valence-corrected chi connectivity index (χ3v) is 5.00. The van der Waals surface area contributed by atoms with Crippen LogP contribution in [0.15, 0.2) is 72.1 Å². The second-order valence-corrected chi connectivity index (χ2v) is 6.73. The molecule has 0 N–H and O–H groups in total. The molecule has 2 aromatic carbocycles. The third kappa shape index (κ3) is 3.85. The van der Waals surface area contributed by atoms with Crippen LogP contribution in [-0.4, -0.2) is 36.9 Å². The first-order valence-corrected chi connectivity index (χ1v) is 9.42. The van der Waals surface area contributed by atoms with Crippen LogP contribution in [-0.2, 0) is 12.3 Å². The summed E-state index contributed by atoms with van der Waals surface area (Å²) in [6.45, 7) is 0.786. The van der Waals surface area contributed by atoms with Crippen molar-refractivity contribution in [2.24, 2.45) is 0 Å². The van der Waals surface area contributed by atoms with Crippen LogP contribution in [0.2, 0.25) is 0 Å². The van der Waals surface area contributed by atoms with E-state index in [2.05, 4.69) is 37.2 Å². The van der Waals surface area contributed by atoms with E-state index >= 15 is 0 Å². The topological polar surface area (TPSA) is 70.7 Å². The molecule has 0 saturated heterocycles. The number of tetrazole rings is 1. The second kappa shape index (κ2) is 8.05. The van der Waals surface area contributed by atoms with E-state index in [-0.39, 0.29) is 0 Å². The Morgan fingerprint density at radius 3 is 2.70 bits per heavy atom. The number of rotatable bonds is 7. The van der Waals surface area contributed by atoms with Crippen molar-refractivity contribution >= 4 is 11.8 Å². The van der Waals surface area contributed by atoms with Gasteiger partial charge in [0.05, 0.1) is 12.9 Å². The van der Waals surface area contributed by atoms with Crippen LogP contribution in [0.25, 0.3) is 5.69 Å². The van der Waals surface area contributed by atoms with E-state index in [0.717, 1.165) is 23.8 Å². The van der Waals surface area contributed by atoms with Crippen molar-refractivity contribution in [2.45, 2.75) is 17.5 Å². The van der Waals surface area contributed by atoms with Crippen molar-refractivity contribution in [1.82, 2.24) is 29.8 Å². The standard InChI is InChI=1S/C19H18N6OS/c1-26-17-10-6-5-9-16(17)25-19(21-22-23-25)27-14-18-20-11-12-24(18)13-15-7-3-2-4-8-15/h2-12H,13-14H2,1H3. The monoisotopic (exact) mass is 378 g/mol. The van der Waals surface area contributed by atoms with Crippen LogP contribution in [0, 0.1) is 0 Å². The van der Waals surface area contributed by atoms with Gasteiger partial charge in [-0.1, -0.05) is 54.2 Å². The summed E-state index contributed by atoms with van der Waals surface area (Å²) >= 11 is 1.54. The molecule has 0 aliphatic carbocycles. The number of ether oxygens (including phenoxy) is 1. The summed E-state index contributed by atoms with van der Waals surface area (Å²) in [5.41, 5.74) is 2.04. The first kappa shape index (κ1) is 17.3. The highest BCUT2D eigenvalue weighted by Crippen LogP contribution is 2.27. The third-order valence-electron chi connectivity index (χ3n) is 4.08. The lowest BCUT2D eigenvalue weighted by Crippen LogP contribution is -2.05. The molecule has 0 atom stereocenters. The van der Waals surface area contributed by atoms with Crippen molar-refractivity contribution in [2.75, 3.05) is 7.11 Å². The lowest BCUT2D eigenvalue weighted by molar-refractivity contribution is 0.410. The molecule has 4 rings (SSSR count). The molecule has 0 amide bonds. The molecule has 4 aromatic rings. The van der Waals surface area contributed by atoms with Crippen LogP contribution in [0.1, 0.15) is 11.4 Å². The highest BCUT2D eigenvalue weighted by molar-refractivity contribution is 7.98. The molecule has 7 nitrogen and oxygen atoms in total. The first-order chi connectivity index (χ1) is 13.3. The van der Waals surface area contributed by atoms with Crippen LogP contribution in [0.3, 0.4) is 0 Å². The van der Waals surface area contributed by atoms with Crippen LogP contribution >= 0.6 is 11.8 Å². The summed E-state index contributed by atoms with van der Waals surface area (Å²) in [4.78, 5) is 4.49. The molecule has 136 valence electrons. The van der Waals surface area contributed by atoms with Gasteiger partial charge in [-0.15, -0.1) is 5.10 Å². The molecular formula is C19H18N6OS. The molecule has 2 heterocycles. The molecule has 2 aromatic heterocycles. The fourth-order valence-electron chi connectivity index (χ4n) is 2.76. The predicted molar refractivity (Wildman–Crippen MR) is 103 cm³/mol. The van der Waals surface area contributed by atoms with Gasteiger partial charge in [0.2, 0.25) is 5.16 Å². The quantitative estimate of drug-likeness (QED) is 0.460. The highest BCUT2D eigenvalue weighted by atomic mass is 32.2. The number of hydrogen-bond donors (Lipinski definition) is 0. The molecular weight excluding hydrogens is 360 g/mol. The Hall–Kier alpha value is -3.13. The van der Waals surface area contributed by atoms with Gasteiger partial charge in [0.25, 0.3) is 0 Å². The minimum absolute atomic E-state index is 0.662. The van der Waals surface area contributed by atoms with E-state index in [1.54, 1.807) is 11.8 Å². The number of para-hydroxylation sites is 2. The normalized spacial score (nSPS) is 10.9. The fraction of sp³-hybridized carbons (Fsp3) is 0.158. The Morgan fingerprint density at radius 2 is 1.85 bits per heavy atom. The van der Waals surface area contributed by atoms with Gasteiger partial charge >= 0.3 is 0 Å². The average molecular weight is 378 g/mol. The highest BCUT2D eigenvalue weighted by Gasteiger charge is 2.14. The number of methoxy groups -OCH3 is 1. The number of hydrogen-bond acceptors (Lipinski definition) is 6. The Kier molecular flexibility index (Phi) is 5.15.